The minimum absolute atomic E-state index is 0.128. The van der Waals surface area contributed by atoms with E-state index < -0.39 is 4.92 Å². The molecule has 0 atom stereocenters. The molecule has 0 bridgehead atoms. The van der Waals surface area contributed by atoms with E-state index in [1.54, 1.807) is 4.57 Å². The molecule has 0 aliphatic rings. The molecule has 1 aromatic heterocycles. The zero-order valence-corrected chi connectivity index (χ0v) is 9.79. The van der Waals surface area contributed by atoms with Crippen molar-refractivity contribution in [3.8, 4) is 0 Å². The van der Waals surface area contributed by atoms with Crippen molar-refractivity contribution in [2.24, 2.45) is 0 Å². The van der Waals surface area contributed by atoms with E-state index in [2.05, 4.69) is 20.9 Å². The number of rotatable bonds is 3. The maximum Gasteiger partial charge on any atom is 0.381 e. The first-order valence-electron chi connectivity index (χ1n) is 4.56. The lowest BCUT2D eigenvalue weighted by Gasteiger charge is -2.00. The topological polar surface area (TPSA) is 61.0 Å². The van der Waals surface area contributed by atoms with Gasteiger partial charge in [0.15, 0.2) is 0 Å². The molecule has 6 heteroatoms. The predicted molar refractivity (Wildman–Crippen MR) is 62.1 cm³/mol. The van der Waals surface area contributed by atoms with Gasteiger partial charge in [-0.2, -0.15) is 0 Å². The molecule has 2 rings (SSSR count). The molecule has 0 aliphatic heterocycles. The summed E-state index contributed by atoms with van der Waals surface area (Å²) >= 11 is 3.35. The van der Waals surface area contributed by atoms with Gasteiger partial charge < -0.3 is 14.7 Å². The van der Waals surface area contributed by atoms with Crippen molar-refractivity contribution in [2.45, 2.75) is 6.54 Å². The van der Waals surface area contributed by atoms with Crippen molar-refractivity contribution in [1.29, 1.82) is 0 Å². The van der Waals surface area contributed by atoms with Crippen LogP contribution in [-0.4, -0.2) is 14.5 Å². The third kappa shape index (κ3) is 2.46. The Kier molecular flexibility index (Phi) is 3.00. The van der Waals surface area contributed by atoms with E-state index >= 15 is 0 Å². The average Bonchev–Trinajstić information content (AvgIpc) is 2.70. The maximum absolute atomic E-state index is 10.4. The van der Waals surface area contributed by atoms with Crippen LogP contribution in [0.2, 0.25) is 0 Å². The van der Waals surface area contributed by atoms with Gasteiger partial charge in [-0.1, -0.05) is 28.1 Å². The van der Waals surface area contributed by atoms with E-state index in [0.717, 1.165) is 10.0 Å². The second-order valence-corrected chi connectivity index (χ2v) is 4.20. The molecule has 5 nitrogen and oxygen atoms in total. The summed E-state index contributed by atoms with van der Waals surface area (Å²) in [4.78, 5) is 13.6. The number of hydrogen-bond acceptors (Lipinski definition) is 3. The number of nitrogens with zero attached hydrogens (tertiary/aromatic N) is 3. The number of halogens is 1. The molecule has 0 amide bonds. The van der Waals surface area contributed by atoms with E-state index in [0.29, 0.717) is 6.54 Å². The third-order valence-corrected chi connectivity index (χ3v) is 2.61. The first-order chi connectivity index (χ1) is 7.65. The molecule has 0 spiro atoms. The highest BCUT2D eigenvalue weighted by atomic mass is 79.9. The molecule has 0 saturated carbocycles. The van der Waals surface area contributed by atoms with Gasteiger partial charge in [-0.05, 0) is 27.6 Å². The molecule has 16 heavy (non-hydrogen) atoms. The largest absolute Gasteiger partial charge is 0.381 e. The van der Waals surface area contributed by atoms with E-state index in [9.17, 15) is 10.1 Å². The molecular weight excluding hydrogens is 274 g/mol. The van der Waals surface area contributed by atoms with Crippen LogP contribution in [0.3, 0.4) is 0 Å². The van der Waals surface area contributed by atoms with Gasteiger partial charge in [0.2, 0.25) is 6.33 Å². The number of benzene rings is 1. The molecule has 0 radical (unpaired) electrons. The highest BCUT2D eigenvalue weighted by molar-refractivity contribution is 9.10. The van der Waals surface area contributed by atoms with Crippen LogP contribution in [0, 0.1) is 10.1 Å². The van der Waals surface area contributed by atoms with Crippen molar-refractivity contribution >= 4 is 21.7 Å². The van der Waals surface area contributed by atoms with Crippen molar-refractivity contribution in [1.82, 2.24) is 9.55 Å². The Labute approximate surface area is 100 Å². The Morgan fingerprint density at radius 2 is 2.06 bits per heavy atom. The monoisotopic (exact) mass is 281 g/mol. The summed E-state index contributed by atoms with van der Waals surface area (Å²) in [5.74, 6) is -0.128. The highest BCUT2D eigenvalue weighted by Gasteiger charge is 2.09. The molecule has 0 aliphatic carbocycles. The smallest absolute Gasteiger partial charge is 0.358 e. The fourth-order valence-electron chi connectivity index (χ4n) is 1.33. The van der Waals surface area contributed by atoms with Crippen molar-refractivity contribution in [2.75, 3.05) is 0 Å². The van der Waals surface area contributed by atoms with Gasteiger partial charge in [0.1, 0.15) is 6.20 Å². The van der Waals surface area contributed by atoms with Gasteiger partial charge in [0, 0.05) is 4.47 Å². The number of aromatic nitrogens is 2. The summed E-state index contributed by atoms with van der Waals surface area (Å²) in [5, 5.41) is 10.4. The van der Waals surface area contributed by atoms with Crippen LogP contribution in [0.25, 0.3) is 0 Å². The van der Waals surface area contributed by atoms with Crippen LogP contribution >= 0.6 is 15.9 Å². The van der Waals surface area contributed by atoms with Crippen molar-refractivity contribution < 1.29 is 4.92 Å². The summed E-state index contributed by atoms with van der Waals surface area (Å²) in [7, 11) is 0. The second-order valence-electron chi connectivity index (χ2n) is 3.29. The number of hydrogen-bond donors (Lipinski definition) is 0. The molecule has 82 valence electrons. The van der Waals surface area contributed by atoms with E-state index in [4.69, 9.17) is 0 Å². The zero-order chi connectivity index (χ0) is 11.5. The molecule has 0 N–H and O–H groups in total. The first-order valence-corrected chi connectivity index (χ1v) is 5.35. The Hall–Kier alpha value is -1.69. The normalized spacial score (nSPS) is 10.3. The second kappa shape index (κ2) is 4.44. The van der Waals surface area contributed by atoms with Crippen molar-refractivity contribution in [3.05, 3.63) is 56.9 Å². The third-order valence-electron chi connectivity index (χ3n) is 2.09. The van der Waals surface area contributed by atoms with Gasteiger partial charge in [0.25, 0.3) is 0 Å². The van der Waals surface area contributed by atoms with E-state index in [-0.39, 0.29) is 5.82 Å². The quantitative estimate of drug-likeness (QED) is 0.642. The summed E-state index contributed by atoms with van der Waals surface area (Å²) in [6, 6.07) is 7.77. The van der Waals surface area contributed by atoms with Crippen molar-refractivity contribution in [3.63, 3.8) is 0 Å². The minimum Gasteiger partial charge on any atom is -0.358 e. The van der Waals surface area contributed by atoms with Crippen LogP contribution in [-0.2, 0) is 6.54 Å². The van der Waals surface area contributed by atoms with Crippen LogP contribution in [0.1, 0.15) is 5.56 Å². The van der Waals surface area contributed by atoms with Crippen LogP contribution in [0.15, 0.2) is 41.3 Å². The molecular formula is C10H8BrN3O2. The Morgan fingerprint density at radius 3 is 2.62 bits per heavy atom. The standard InChI is InChI=1S/C10H8BrN3O2/c11-9-3-1-8(2-4-9)5-13-6-10(12-7-13)14(15)16/h1-4,6-7H,5H2. The highest BCUT2D eigenvalue weighted by Crippen LogP contribution is 2.13. The Bertz CT molecular complexity index is 507. The minimum atomic E-state index is -0.502. The maximum atomic E-state index is 10.4. The predicted octanol–water partition coefficient (Wildman–Crippen LogP) is 2.60. The van der Waals surface area contributed by atoms with Gasteiger partial charge in [0.05, 0.1) is 6.54 Å². The SMILES string of the molecule is O=[N+]([O-])c1cn(Cc2ccc(Br)cc2)cn1. The average molecular weight is 282 g/mol. The summed E-state index contributed by atoms with van der Waals surface area (Å²) in [6.45, 7) is 0.577. The lowest BCUT2D eigenvalue weighted by molar-refractivity contribution is -0.389. The lowest BCUT2D eigenvalue weighted by Crippen LogP contribution is -1.96. The first kappa shape index (κ1) is 10.8. The van der Waals surface area contributed by atoms with Crippen LogP contribution in [0.4, 0.5) is 5.82 Å². The zero-order valence-electron chi connectivity index (χ0n) is 8.21. The van der Waals surface area contributed by atoms with Crippen LogP contribution in [0.5, 0.6) is 0 Å². The molecule has 2 aromatic rings. The summed E-state index contributed by atoms with van der Waals surface area (Å²) in [6.07, 6.45) is 2.88. The fraction of sp³-hybridized carbons (Fsp3) is 0.100. The van der Waals surface area contributed by atoms with E-state index in [1.807, 2.05) is 24.3 Å². The van der Waals surface area contributed by atoms with Gasteiger partial charge >= 0.3 is 5.82 Å². The molecule has 0 unspecified atom stereocenters. The lowest BCUT2D eigenvalue weighted by atomic mass is 10.2. The Balaban J connectivity index is 2.14. The fourth-order valence-corrected chi connectivity index (χ4v) is 1.59. The van der Waals surface area contributed by atoms with Crippen LogP contribution < -0.4 is 0 Å². The van der Waals surface area contributed by atoms with Gasteiger partial charge in [-0.3, -0.25) is 0 Å². The van der Waals surface area contributed by atoms with E-state index in [1.165, 1.54) is 12.5 Å². The summed E-state index contributed by atoms with van der Waals surface area (Å²) < 4.78 is 2.69. The molecule has 0 fully saturated rings. The number of imidazole rings is 1. The summed E-state index contributed by atoms with van der Waals surface area (Å²) in [5.41, 5.74) is 1.07. The molecule has 0 saturated heterocycles. The molecule has 1 aromatic carbocycles. The Morgan fingerprint density at radius 1 is 1.38 bits per heavy atom. The van der Waals surface area contributed by atoms with Gasteiger partial charge in [-0.15, -0.1) is 0 Å². The molecule has 1 heterocycles. The number of nitro groups is 1. The van der Waals surface area contributed by atoms with Gasteiger partial charge in [-0.25, -0.2) is 0 Å².